The van der Waals surface area contributed by atoms with Crippen LogP contribution >= 0.6 is 22.9 Å². The second kappa shape index (κ2) is 6.39. The van der Waals surface area contributed by atoms with E-state index in [4.69, 9.17) is 16.3 Å². The molecule has 0 aliphatic heterocycles. The third-order valence-electron chi connectivity index (χ3n) is 4.08. The minimum absolute atomic E-state index is 0.207. The van der Waals surface area contributed by atoms with Gasteiger partial charge in [-0.1, -0.05) is 48.0 Å². The van der Waals surface area contributed by atoms with Gasteiger partial charge in [0.25, 0.3) is 5.91 Å². The number of anilines is 1. The summed E-state index contributed by atoms with van der Waals surface area (Å²) in [6.45, 7) is 0. The number of benzene rings is 3. The van der Waals surface area contributed by atoms with Gasteiger partial charge in [-0.25, -0.2) is 0 Å². The first-order valence-corrected chi connectivity index (χ1v) is 8.92. The molecule has 0 aliphatic carbocycles. The highest BCUT2D eigenvalue weighted by molar-refractivity contribution is 7.21. The van der Waals surface area contributed by atoms with Gasteiger partial charge in [0.1, 0.15) is 10.6 Å². The smallest absolute Gasteiger partial charge is 0.267 e. The lowest BCUT2D eigenvalue weighted by molar-refractivity contribution is 0.103. The van der Waals surface area contributed by atoms with E-state index >= 15 is 0 Å². The van der Waals surface area contributed by atoms with Gasteiger partial charge in [-0.05, 0) is 29.7 Å². The Balaban J connectivity index is 1.73. The van der Waals surface area contributed by atoms with E-state index in [1.165, 1.54) is 11.3 Å². The summed E-state index contributed by atoms with van der Waals surface area (Å²) >= 11 is 7.84. The number of hydrogen-bond acceptors (Lipinski definition) is 3. The van der Waals surface area contributed by atoms with E-state index in [1.54, 1.807) is 7.11 Å². The molecule has 0 fully saturated rings. The van der Waals surface area contributed by atoms with E-state index < -0.39 is 0 Å². The number of carbonyl (C=O) groups excluding carboxylic acids is 1. The number of rotatable bonds is 3. The molecule has 0 saturated carbocycles. The lowest BCUT2D eigenvalue weighted by Crippen LogP contribution is -2.10. The van der Waals surface area contributed by atoms with Gasteiger partial charge in [0.2, 0.25) is 0 Å². The first-order chi connectivity index (χ1) is 12.2. The summed E-state index contributed by atoms with van der Waals surface area (Å²) in [6.07, 6.45) is 0. The van der Waals surface area contributed by atoms with Crippen molar-refractivity contribution in [2.45, 2.75) is 0 Å². The maximum absolute atomic E-state index is 12.8. The zero-order valence-electron chi connectivity index (χ0n) is 13.4. The Morgan fingerprint density at radius 1 is 1.04 bits per heavy atom. The Labute approximate surface area is 153 Å². The van der Waals surface area contributed by atoms with Crippen LogP contribution in [0.15, 0.2) is 60.7 Å². The van der Waals surface area contributed by atoms with Crippen LogP contribution in [0, 0.1) is 0 Å². The molecule has 0 atom stereocenters. The zero-order chi connectivity index (χ0) is 17.4. The quantitative estimate of drug-likeness (QED) is 0.484. The lowest BCUT2D eigenvalue weighted by atomic mass is 10.1. The number of fused-ring (bicyclic) bond motifs is 2. The van der Waals surface area contributed by atoms with E-state index in [-0.39, 0.29) is 5.91 Å². The predicted molar refractivity (Wildman–Crippen MR) is 105 cm³/mol. The molecular formula is C20H14ClNO2S. The maximum atomic E-state index is 12.8. The average molecular weight is 368 g/mol. The zero-order valence-corrected chi connectivity index (χ0v) is 14.9. The Bertz CT molecular complexity index is 1100. The second-order valence-electron chi connectivity index (χ2n) is 5.59. The summed E-state index contributed by atoms with van der Waals surface area (Å²) in [4.78, 5) is 13.3. The number of thiophene rings is 1. The van der Waals surface area contributed by atoms with Gasteiger partial charge in [-0.3, -0.25) is 4.79 Å². The van der Waals surface area contributed by atoms with Crippen LogP contribution in [0.1, 0.15) is 9.67 Å². The maximum Gasteiger partial charge on any atom is 0.267 e. The number of nitrogens with one attached hydrogen (secondary N) is 1. The normalized spacial score (nSPS) is 11.0. The Hall–Kier alpha value is -2.56. The van der Waals surface area contributed by atoms with Crippen LogP contribution in [0.3, 0.4) is 0 Å². The molecule has 1 heterocycles. The first kappa shape index (κ1) is 15.9. The Kier molecular flexibility index (Phi) is 4.07. The van der Waals surface area contributed by atoms with Crippen molar-refractivity contribution < 1.29 is 9.53 Å². The van der Waals surface area contributed by atoms with Crippen LogP contribution in [-0.2, 0) is 0 Å². The molecule has 0 saturated heterocycles. The molecule has 25 heavy (non-hydrogen) atoms. The van der Waals surface area contributed by atoms with E-state index in [9.17, 15) is 4.79 Å². The van der Waals surface area contributed by atoms with Gasteiger partial charge in [0.05, 0.1) is 12.1 Å². The molecule has 1 aromatic heterocycles. The van der Waals surface area contributed by atoms with Crippen LogP contribution in [-0.4, -0.2) is 13.0 Å². The van der Waals surface area contributed by atoms with Crippen molar-refractivity contribution in [2.75, 3.05) is 12.4 Å². The standard InChI is InChI=1S/C20H14ClNO2S/c1-24-13-9-10-17-15(11-13)18(21)19(25-17)20(23)22-16-8-4-6-12-5-2-3-7-14(12)16/h2-11H,1H3,(H,22,23). The SMILES string of the molecule is COc1ccc2sc(C(=O)Nc3cccc4ccccc34)c(Cl)c2c1. The minimum atomic E-state index is -0.207. The number of ether oxygens (including phenoxy) is 1. The Morgan fingerprint density at radius 2 is 1.84 bits per heavy atom. The van der Waals surface area contributed by atoms with Crippen LogP contribution in [0.5, 0.6) is 5.75 Å². The summed E-state index contributed by atoms with van der Waals surface area (Å²) in [6, 6.07) is 19.4. The second-order valence-corrected chi connectivity index (χ2v) is 7.02. The number of hydrogen-bond donors (Lipinski definition) is 1. The number of amides is 1. The molecule has 1 amide bonds. The van der Waals surface area contributed by atoms with Crippen LogP contribution in [0.4, 0.5) is 5.69 Å². The fraction of sp³-hybridized carbons (Fsp3) is 0.0500. The number of halogens is 1. The van der Waals surface area contributed by atoms with Crippen molar-refractivity contribution in [3.63, 3.8) is 0 Å². The molecule has 5 heteroatoms. The molecule has 0 radical (unpaired) electrons. The molecule has 4 aromatic rings. The van der Waals surface area contributed by atoms with Crippen molar-refractivity contribution in [3.05, 3.63) is 70.6 Å². The third-order valence-corrected chi connectivity index (χ3v) is 5.75. The molecule has 3 aromatic carbocycles. The van der Waals surface area contributed by atoms with E-state index in [0.717, 1.165) is 26.5 Å². The van der Waals surface area contributed by atoms with Crippen molar-refractivity contribution in [2.24, 2.45) is 0 Å². The van der Waals surface area contributed by atoms with Crippen LogP contribution in [0.2, 0.25) is 5.02 Å². The van der Waals surface area contributed by atoms with E-state index in [2.05, 4.69) is 5.32 Å². The summed E-state index contributed by atoms with van der Waals surface area (Å²) < 4.78 is 6.19. The molecule has 1 N–H and O–H groups in total. The van der Waals surface area contributed by atoms with Crippen LogP contribution in [0.25, 0.3) is 20.9 Å². The van der Waals surface area contributed by atoms with Gasteiger partial charge in [-0.2, -0.15) is 0 Å². The van der Waals surface area contributed by atoms with Gasteiger partial charge in [0, 0.05) is 21.2 Å². The van der Waals surface area contributed by atoms with Crippen molar-refractivity contribution in [3.8, 4) is 5.75 Å². The summed E-state index contributed by atoms with van der Waals surface area (Å²) in [5.74, 6) is 0.509. The Morgan fingerprint density at radius 3 is 2.68 bits per heavy atom. The predicted octanol–water partition coefficient (Wildman–Crippen LogP) is 5.97. The van der Waals surface area contributed by atoms with Gasteiger partial charge >= 0.3 is 0 Å². The highest BCUT2D eigenvalue weighted by Gasteiger charge is 2.18. The molecular weight excluding hydrogens is 354 g/mol. The highest BCUT2D eigenvalue weighted by Crippen LogP contribution is 2.38. The molecule has 0 bridgehead atoms. The minimum Gasteiger partial charge on any atom is -0.497 e. The third kappa shape index (κ3) is 2.84. The average Bonchev–Trinajstić information content (AvgIpc) is 2.98. The van der Waals surface area contributed by atoms with Crippen molar-refractivity contribution in [1.82, 2.24) is 0 Å². The van der Waals surface area contributed by atoms with E-state index in [1.807, 2.05) is 60.7 Å². The highest BCUT2D eigenvalue weighted by atomic mass is 35.5. The van der Waals surface area contributed by atoms with Gasteiger partial charge < -0.3 is 10.1 Å². The fourth-order valence-corrected chi connectivity index (χ4v) is 4.22. The molecule has 4 rings (SSSR count). The van der Waals surface area contributed by atoms with Crippen molar-refractivity contribution in [1.29, 1.82) is 0 Å². The van der Waals surface area contributed by atoms with Gasteiger partial charge in [0.15, 0.2) is 0 Å². The fourth-order valence-electron chi connectivity index (χ4n) is 2.83. The summed E-state index contributed by atoms with van der Waals surface area (Å²) in [5, 5.41) is 6.34. The monoisotopic (exact) mass is 367 g/mol. The molecule has 0 spiro atoms. The van der Waals surface area contributed by atoms with Crippen LogP contribution < -0.4 is 10.1 Å². The first-order valence-electron chi connectivity index (χ1n) is 7.72. The van der Waals surface area contributed by atoms with Crippen molar-refractivity contribution >= 4 is 55.4 Å². The molecule has 0 aliphatic rings. The number of carbonyl (C=O) groups is 1. The molecule has 0 unspecified atom stereocenters. The largest absolute Gasteiger partial charge is 0.497 e. The number of methoxy groups -OCH3 is 1. The van der Waals surface area contributed by atoms with E-state index in [0.29, 0.717) is 15.6 Å². The topological polar surface area (TPSA) is 38.3 Å². The molecule has 3 nitrogen and oxygen atoms in total. The lowest BCUT2D eigenvalue weighted by Gasteiger charge is -2.08. The summed E-state index contributed by atoms with van der Waals surface area (Å²) in [7, 11) is 1.61. The van der Waals surface area contributed by atoms with Gasteiger partial charge in [-0.15, -0.1) is 11.3 Å². The summed E-state index contributed by atoms with van der Waals surface area (Å²) in [5.41, 5.74) is 0.772. The molecule has 124 valence electrons.